The van der Waals surface area contributed by atoms with Crippen molar-refractivity contribution in [2.24, 2.45) is 0 Å². The molecule has 1 aromatic rings. The van der Waals surface area contributed by atoms with Gasteiger partial charge in [0.15, 0.2) is 0 Å². The predicted molar refractivity (Wildman–Crippen MR) is 75.6 cm³/mol. The molecule has 1 aliphatic heterocycles. The smallest absolute Gasteiger partial charge is 0.251 e. The third kappa shape index (κ3) is 3.05. The number of carbonyl (C=O) groups excluding carboxylic acids is 1. The Morgan fingerprint density at radius 1 is 1.56 bits per heavy atom. The normalized spacial score (nSPS) is 14.8. The fourth-order valence-electron chi connectivity index (χ4n) is 2.11. The van der Waals surface area contributed by atoms with Crippen LogP contribution in [0.25, 0.3) is 0 Å². The van der Waals surface area contributed by atoms with Gasteiger partial charge in [-0.1, -0.05) is 22.9 Å². The molecule has 0 aromatic heterocycles. The Morgan fingerprint density at radius 3 is 3.11 bits per heavy atom. The molecule has 0 spiro atoms. The van der Waals surface area contributed by atoms with Gasteiger partial charge in [0, 0.05) is 23.4 Å². The average Bonchev–Trinajstić information content (AvgIpc) is 2.85. The molecule has 0 radical (unpaired) electrons. The number of hydrogen-bond donors (Lipinski definition) is 1. The van der Waals surface area contributed by atoms with Crippen molar-refractivity contribution in [3.8, 4) is 5.75 Å². The zero-order chi connectivity index (χ0) is 13.0. The summed E-state index contributed by atoms with van der Waals surface area (Å²) < 4.78 is 5.44. The van der Waals surface area contributed by atoms with Crippen LogP contribution in [0.3, 0.4) is 0 Å². The molecule has 2 rings (SSSR count). The minimum Gasteiger partial charge on any atom is -0.493 e. The summed E-state index contributed by atoms with van der Waals surface area (Å²) in [5.74, 6) is 0.927. The van der Waals surface area contributed by atoms with Gasteiger partial charge in [-0.05, 0) is 36.6 Å². The predicted octanol–water partition coefficient (Wildman–Crippen LogP) is 2.91. The van der Waals surface area contributed by atoms with Crippen molar-refractivity contribution < 1.29 is 9.53 Å². The second-order valence-corrected chi connectivity index (χ2v) is 5.27. The SMILES string of the molecule is CCC(CCBr)NC(=O)c1ccc2c(c1)CCO2. The summed E-state index contributed by atoms with van der Waals surface area (Å²) in [6.45, 7) is 2.81. The maximum Gasteiger partial charge on any atom is 0.251 e. The zero-order valence-electron chi connectivity index (χ0n) is 10.5. The largest absolute Gasteiger partial charge is 0.493 e. The van der Waals surface area contributed by atoms with Crippen LogP contribution in [0.2, 0.25) is 0 Å². The zero-order valence-corrected chi connectivity index (χ0v) is 12.1. The van der Waals surface area contributed by atoms with E-state index in [9.17, 15) is 4.79 Å². The second-order valence-electron chi connectivity index (χ2n) is 4.48. The lowest BCUT2D eigenvalue weighted by molar-refractivity contribution is 0.0935. The van der Waals surface area contributed by atoms with E-state index in [0.29, 0.717) is 0 Å². The van der Waals surface area contributed by atoms with Gasteiger partial charge in [-0.3, -0.25) is 4.79 Å². The second kappa shape index (κ2) is 6.23. The number of ether oxygens (including phenoxy) is 1. The van der Waals surface area contributed by atoms with Gasteiger partial charge < -0.3 is 10.1 Å². The summed E-state index contributed by atoms with van der Waals surface area (Å²) in [7, 11) is 0. The molecule has 3 nitrogen and oxygen atoms in total. The Bertz CT molecular complexity index is 434. The van der Waals surface area contributed by atoms with Crippen molar-refractivity contribution >= 4 is 21.8 Å². The summed E-state index contributed by atoms with van der Waals surface area (Å²) in [6, 6.07) is 5.91. The van der Waals surface area contributed by atoms with Gasteiger partial charge in [0.2, 0.25) is 0 Å². The van der Waals surface area contributed by atoms with Crippen LogP contribution in [-0.4, -0.2) is 23.9 Å². The Kier molecular flexibility index (Phi) is 4.64. The summed E-state index contributed by atoms with van der Waals surface area (Å²) in [5, 5.41) is 3.97. The number of carbonyl (C=O) groups is 1. The van der Waals surface area contributed by atoms with E-state index in [4.69, 9.17) is 4.74 Å². The van der Waals surface area contributed by atoms with Gasteiger partial charge in [0.1, 0.15) is 5.75 Å². The molecule has 18 heavy (non-hydrogen) atoms. The molecular weight excluding hydrogens is 294 g/mol. The lowest BCUT2D eigenvalue weighted by Gasteiger charge is -2.15. The monoisotopic (exact) mass is 311 g/mol. The standard InChI is InChI=1S/C14H18BrNO2/c1-2-12(5-7-15)16-14(17)11-3-4-13-10(9-11)6-8-18-13/h3-4,9,12H,2,5-8H2,1H3,(H,16,17). The maximum atomic E-state index is 12.1. The van der Waals surface area contributed by atoms with Crippen LogP contribution in [0.1, 0.15) is 35.7 Å². The average molecular weight is 312 g/mol. The van der Waals surface area contributed by atoms with Gasteiger partial charge >= 0.3 is 0 Å². The first-order valence-corrected chi connectivity index (χ1v) is 7.49. The van der Waals surface area contributed by atoms with Crippen molar-refractivity contribution in [2.45, 2.75) is 32.2 Å². The van der Waals surface area contributed by atoms with E-state index in [1.807, 2.05) is 18.2 Å². The van der Waals surface area contributed by atoms with E-state index in [1.165, 1.54) is 0 Å². The van der Waals surface area contributed by atoms with Crippen LogP contribution in [0, 0.1) is 0 Å². The van der Waals surface area contributed by atoms with Crippen molar-refractivity contribution in [2.75, 3.05) is 11.9 Å². The summed E-state index contributed by atoms with van der Waals surface area (Å²) in [6.07, 6.45) is 2.80. The molecule has 0 saturated heterocycles. The fraction of sp³-hybridized carbons (Fsp3) is 0.500. The maximum absolute atomic E-state index is 12.1. The number of benzene rings is 1. The first kappa shape index (κ1) is 13.4. The van der Waals surface area contributed by atoms with E-state index in [0.717, 1.165) is 48.1 Å². The van der Waals surface area contributed by atoms with E-state index < -0.39 is 0 Å². The summed E-state index contributed by atoms with van der Waals surface area (Å²) in [5.41, 5.74) is 1.86. The molecule has 0 bridgehead atoms. The molecule has 1 amide bonds. The molecular formula is C14H18BrNO2. The van der Waals surface area contributed by atoms with Crippen LogP contribution >= 0.6 is 15.9 Å². The van der Waals surface area contributed by atoms with E-state index in [1.54, 1.807) is 0 Å². The lowest BCUT2D eigenvalue weighted by Crippen LogP contribution is -2.34. The third-order valence-electron chi connectivity index (χ3n) is 3.24. The topological polar surface area (TPSA) is 38.3 Å². The number of halogens is 1. The van der Waals surface area contributed by atoms with Gasteiger partial charge in [0.05, 0.1) is 6.61 Å². The highest BCUT2D eigenvalue weighted by atomic mass is 79.9. The molecule has 0 fully saturated rings. The van der Waals surface area contributed by atoms with Crippen molar-refractivity contribution in [3.05, 3.63) is 29.3 Å². The Labute approximate surface area is 116 Å². The summed E-state index contributed by atoms with van der Waals surface area (Å²) >= 11 is 3.41. The number of rotatable bonds is 5. The fourth-order valence-corrected chi connectivity index (χ4v) is 2.66. The highest BCUT2D eigenvalue weighted by Crippen LogP contribution is 2.25. The highest BCUT2D eigenvalue weighted by molar-refractivity contribution is 9.09. The minimum atomic E-state index is 0.0116. The number of amides is 1. The Balaban J connectivity index is 2.04. The Morgan fingerprint density at radius 2 is 2.39 bits per heavy atom. The highest BCUT2D eigenvalue weighted by Gasteiger charge is 2.16. The third-order valence-corrected chi connectivity index (χ3v) is 3.70. The van der Waals surface area contributed by atoms with Crippen molar-refractivity contribution in [1.82, 2.24) is 5.32 Å². The van der Waals surface area contributed by atoms with Gasteiger partial charge in [-0.15, -0.1) is 0 Å². The van der Waals surface area contributed by atoms with Gasteiger partial charge in [0.25, 0.3) is 5.91 Å². The molecule has 0 saturated carbocycles. The van der Waals surface area contributed by atoms with Gasteiger partial charge in [-0.2, -0.15) is 0 Å². The van der Waals surface area contributed by atoms with Crippen LogP contribution in [0.4, 0.5) is 0 Å². The molecule has 4 heteroatoms. The first-order valence-electron chi connectivity index (χ1n) is 6.37. The van der Waals surface area contributed by atoms with E-state index in [2.05, 4.69) is 28.2 Å². The number of fused-ring (bicyclic) bond motifs is 1. The van der Waals surface area contributed by atoms with E-state index >= 15 is 0 Å². The van der Waals surface area contributed by atoms with Crippen LogP contribution in [-0.2, 0) is 6.42 Å². The van der Waals surface area contributed by atoms with Crippen molar-refractivity contribution in [3.63, 3.8) is 0 Å². The molecule has 1 unspecified atom stereocenters. The molecule has 1 atom stereocenters. The van der Waals surface area contributed by atoms with Crippen LogP contribution in [0.5, 0.6) is 5.75 Å². The summed E-state index contributed by atoms with van der Waals surface area (Å²) in [4.78, 5) is 12.1. The quantitative estimate of drug-likeness (QED) is 0.849. The molecule has 1 aromatic carbocycles. The number of nitrogens with one attached hydrogen (secondary N) is 1. The molecule has 0 aliphatic carbocycles. The van der Waals surface area contributed by atoms with Crippen molar-refractivity contribution in [1.29, 1.82) is 0 Å². The molecule has 1 aliphatic rings. The molecule has 1 N–H and O–H groups in total. The Hall–Kier alpha value is -1.03. The lowest BCUT2D eigenvalue weighted by atomic mass is 10.1. The molecule has 1 heterocycles. The van der Waals surface area contributed by atoms with Crippen LogP contribution in [0.15, 0.2) is 18.2 Å². The number of hydrogen-bond acceptors (Lipinski definition) is 2. The minimum absolute atomic E-state index is 0.0116. The number of alkyl halides is 1. The van der Waals surface area contributed by atoms with Crippen LogP contribution < -0.4 is 10.1 Å². The first-order chi connectivity index (χ1) is 8.74. The van der Waals surface area contributed by atoms with E-state index in [-0.39, 0.29) is 11.9 Å². The molecule has 98 valence electrons. The van der Waals surface area contributed by atoms with Gasteiger partial charge in [-0.25, -0.2) is 0 Å².